The maximum absolute atomic E-state index is 13.1. The molecule has 0 aliphatic heterocycles. The molecule has 1 aromatic carbocycles. The molecule has 0 aliphatic rings. The van der Waals surface area contributed by atoms with E-state index in [2.05, 4.69) is 5.10 Å². The number of anilines is 1. The van der Waals surface area contributed by atoms with E-state index in [-0.39, 0.29) is 17.7 Å². The molecule has 7 heteroatoms. The van der Waals surface area contributed by atoms with Crippen molar-refractivity contribution in [3.05, 3.63) is 57.8 Å². The average Bonchev–Trinajstić information content (AvgIpc) is 2.42. The van der Waals surface area contributed by atoms with E-state index in [1.165, 1.54) is 18.3 Å². The van der Waals surface area contributed by atoms with Gasteiger partial charge in [-0.25, -0.2) is 13.9 Å². The van der Waals surface area contributed by atoms with E-state index in [1.807, 2.05) is 0 Å². The third kappa shape index (κ3) is 3.25. The monoisotopic (exact) mass is 291 g/mol. The number of aromatic nitrogens is 2. The lowest BCUT2D eigenvalue weighted by Crippen LogP contribution is -2.25. The lowest BCUT2D eigenvalue weighted by molar-refractivity contribution is 0.0695. The van der Waals surface area contributed by atoms with Crippen LogP contribution in [0, 0.1) is 5.82 Å². The van der Waals surface area contributed by atoms with Crippen LogP contribution >= 0.6 is 0 Å². The van der Waals surface area contributed by atoms with Gasteiger partial charge in [0.1, 0.15) is 5.82 Å². The Morgan fingerprint density at radius 1 is 1.38 bits per heavy atom. The first-order valence-electron chi connectivity index (χ1n) is 6.14. The number of hydrogen-bond acceptors (Lipinski definition) is 4. The lowest BCUT2D eigenvalue weighted by Gasteiger charge is -2.13. The molecular weight excluding hydrogens is 277 g/mol. The first-order valence-corrected chi connectivity index (χ1v) is 6.14. The van der Waals surface area contributed by atoms with Crippen molar-refractivity contribution < 1.29 is 14.3 Å². The van der Waals surface area contributed by atoms with E-state index in [4.69, 9.17) is 5.11 Å². The van der Waals surface area contributed by atoms with Crippen LogP contribution in [0.4, 0.5) is 10.1 Å². The van der Waals surface area contributed by atoms with Gasteiger partial charge in [-0.2, -0.15) is 5.10 Å². The third-order valence-corrected chi connectivity index (χ3v) is 2.99. The molecule has 2 aromatic rings. The first-order chi connectivity index (χ1) is 9.88. The number of benzene rings is 1. The second kappa shape index (κ2) is 5.74. The minimum atomic E-state index is -1.25. The smallest absolute Gasteiger partial charge is 0.336 e. The molecule has 110 valence electrons. The van der Waals surface area contributed by atoms with Gasteiger partial charge in [0.15, 0.2) is 0 Å². The summed E-state index contributed by atoms with van der Waals surface area (Å²) < 4.78 is 14.2. The molecule has 0 radical (unpaired) electrons. The molecule has 2 rings (SSSR count). The zero-order valence-electron chi connectivity index (χ0n) is 11.6. The van der Waals surface area contributed by atoms with Crippen molar-refractivity contribution in [1.82, 2.24) is 9.78 Å². The molecule has 1 heterocycles. The zero-order valence-corrected chi connectivity index (χ0v) is 11.6. The topological polar surface area (TPSA) is 75.4 Å². The summed E-state index contributed by atoms with van der Waals surface area (Å²) in [6.07, 6.45) is 1.51. The Kier molecular flexibility index (Phi) is 4.02. The Labute approximate surface area is 120 Å². The Hall–Kier alpha value is -2.70. The highest BCUT2D eigenvalue weighted by Gasteiger charge is 2.13. The van der Waals surface area contributed by atoms with Gasteiger partial charge in [-0.15, -0.1) is 0 Å². The van der Waals surface area contributed by atoms with Crippen LogP contribution in [0.1, 0.15) is 15.9 Å². The van der Waals surface area contributed by atoms with Crippen LogP contribution in [0.15, 0.2) is 35.3 Å². The predicted octanol–water partition coefficient (Wildman–Crippen LogP) is 1.19. The van der Waals surface area contributed by atoms with Gasteiger partial charge in [0.2, 0.25) is 0 Å². The van der Waals surface area contributed by atoms with E-state index in [9.17, 15) is 14.0 Å². The molecule has 0 fully saturated rings. The summed E-state index contributed by atoms with van der Waals surface area (Å²) in [5.41, 5.74) is 0.423. The van der Waals surface area contributed by atoms with E-state index in [1.54, 1.807) is 19.0 Å². The van der Waals surface area contributed by atoms with Crippen molar-refractivity contribution in [3.8, 4) is 0 Å². The second-order valence-electron chi connectivity index (χ2n) is 4.71. The fourth-order valence-corrected chi connectivity index (χ4v) is 1.83. The van der Waals surface area contributed by atoms with Crippen LogP contribution in [0.25, 0.3) is 0 Å². The number of nitrogens with zero attached hydrogens (tertiary/aromatic N) is 3. The first kappa shape index (κ1) is 14.7. The SMILES string of the molecule is CN(C)c1cnn(Cc2ccc(F)cc2C(=O)O)c(=O)c1. The number of aromatic carboxylic acids is 1. The minimum Gasteiger partial charge on any atom is -0.478 e. The van der Waals surface area contributed by atoms with Crippen LogP contribution in [0.5, 0.6) is 0 Å². The number of carboxylic acids is 1. The van der Waals surface area contributed by atoms with Crippen molar-refractivity contribution in [1.29, 1.82) is 0 Å². The van der Waals surface area contributed by atoms with E-state index in [0.29, 0.717) is 11.3 Å². The van der Waals surface area contributed by atoms with Crippen LogP contribution in [-0.2, 0) is 6.54 Å². The van der Waals surface area contributed by atoms with Gasteiger partial charge in [-0.05, 0) is 17.7 Å². The molecule has 0 atom stereocenters. The average molecular weight is 291 g/mol. The minimum absolute atomic E-state index is 0.0333. The van der Waals surface area contributed by atoms with E-state index < -0.39 is 11.8 Å². The van der Waals surface area contributed by atoms with Crippen LogP contribution < -0.4 is 10.5 Å². The van der Waals surface area contributed by atoms with Gasteiger partial charge in [0.25, 0.3) is 5.56 Å². The van der Waals surface area contributed by atoms with Gasteiger partial charge >= 0.3 is 5.97 Å². The van der Waals surface area contributed by atoms with Crippen LogP contribution in [0.3, 0.4) is 0 Å². The molecule has 6 nitrogen and oxygen atoms in total. The summed E-state index contributed by atoms with van der Waals surface area (Å²) in [6, 6.07) is 4.82. The quantitative estimate of drug-likeness (QED) is 0.916. The Balaban J connectivity index is 2.39. The molecule has 1 N–H and O–H groups in total. The Morgan fingerprint density at radius 2 is 2.10 bits per heavy atom. The standard InChI is InChI=1S/C14H14FN3O3/c1-17(2)11-6-13(19)18(16-7-11)8-9-3-4-10(15)5-12(9)14(20)21/h3-7H,8H2,1-2H3,(H,20,21). The van der Waals surface area contributed by atoms with Crippen molar-refractivity contribution in [2.75, 3.05) is 19.0 Å². The van der Waals surface area contributed by atoms with Gasteiger partial charge in [0.05, 0.1) is 24.0 Å². The molecule has 0 saturated carbocycles. The highest BCUT2D eigenvalue weighted by molar-refractivity contribution is 5.89. The number of rotatable bonds is 4. The highest BCUT2D eigenvalue weighted by atomic mass is 19.1. The molecule has 0 aliphatic carbocycles. The summed E-state index contributed by atoms with van der Waals surface area (Å²) in [6.45, 7) is -0.0333. The molecule has 0 amide bonds. The van der Waals surface area contributed by atoms with Crippen molar-refractivity contribution in [2.24, 2.45) is 0 Å². The lowest BCUT2D eigenvalue weighted by atomic mass is 10.1. The van der Waals surface area contributed by atoms with Gasteiger partial charge < -0.3 is 10.0 Å². The Morgan fingerprint density at radius 3 is 2.67 bits per heavy atom. The molecular formula is C14H14FN3O3. The number of carboxylic acid groups (broad SMARTS) is 1. The largest absolute Gasteiger partial charge is 0.478 e. The summed E-state index contributed by atoms with van der Waals surface area (Å²) in [7, 11) is 3.56. The summed E-state index contributed by atoms with van der Waals surface area (Å²) in [5, 5.41) is 13.1. The van der Waals surface area contributed by atoms with Crippen LogP contribution in [0.2, 0.25) is 0 Å². The third-order valence-electron chi connectivity index (χ3n) is 2.99. The van der Waals surface area contributed by atoms with Crippen LogP contribution in [-0.4, -0.2) is 35.0 Å². The normalized spacial score (nSPS) is 10.4. The van der Waals surface area contributed by atoms with Gasteiger partial charge in [0, 0.05) is 20.2 Å². The predicted molar refractivity (Wildman–Crippen MR) is 75.3 cm³/mol. The molecule has 0 spiro atoms. The van der Waals surface area contributed by atoms with Crippen molar-refractivity contribution >= 4 is 11.7 Å². The molecule has 0 unspecified atom stereocenters. The second-order valence-corrected chi connectivity index (χ2v) is 4.71. The van der Waals surface area contributed by atoms with E-state index >= 15 is 0 Å². The number of carbonyl (C=O) groups is 1. The summed E-state index contributed by atoms with van der Waals surface area (Å²) >= 11 is 0. The maximum Gasteiger partial charge on any atom is 0.336 e. The number of halogens is 1. The fourth-order valence-electron chi connectivity index (χ4n) is 1.83. The zero-order chi connectivity index (χ0) is 15.6. The fraction of sp³-hybridized carbons (Fsp3) is 0.214. The maximum atomic E-state index is 13.1. The summed E-state index contributed by atoms with van der Waals surface area (Å²) in [4.78, 5) is 24.8. The number of hydrogen-bond donors (Lipinski definition) is 1. The van der Waals surface area contributed by atoms with E-state index in [0.717, 1.165) is 16.8 Å². The Bertz CT molecular complexity index is 740. The highest BCUT2D eigenvalue weighted by Crippen LogP contribution is 2.13. The molecule has 1 aromatic heterocycles. The summed E-state index contributed by atoms with van der Waals surface area (Å²) in [5.74, 6) is -1.89. The molecule has 21 heavy (non-hydrogen) atoms. The molecule has 0 saturated heterocycles. The molecule has 0 bridgehead atoms. The van der Waals surface area contributed by atoms with Crippen molar-refractivity contribution in [3.63, 3.8) is 0 Å². The van der Waals surface area contributed by atoms with Gasteiger partial charge in [-0.3, -0.25) is 4.79 Å². The van der Waals surface area contributed by atoms with Crippen molar-refractivity contribution in [2.45, 2.75) is 6.54 Å². The van der Waals surface area contributed by atoms with Gasteiger partial charge in [-0.1, -0.05) is 6.07 Å².